The molecule has 0 fully saturated rings. The molecule has 0 unspecified atom stereocenters. The standard InChI is InChI=1S/C15H20BrNO4/c1-15(2,3)21-14(19)8-7-13(18)17-12-9-10(20-4)5-6-11(12)16/h5-6,9H,7-8H2,1-4H3,(H,17,18). The average molecular weight is 358 g/mol. The van der Waals surface area contributed by atoms with Gasteiger partial charge in [0.1, 0.15) is 11.4 Å². The number of hydrogen-bond donors (Lipinski definition) is 1. The fourth-order valence-electron chi connectivity index (χ4n) is 1.55. The predicted molar refractivity (Wildman–Crippen MR) is 84.4 cm³/mol. The van der Waals surface area contributed by atoms with Gasteiger partial charge < -0.3 is 14.8 Å². The van der Waals surface area contributed by atoms with Gasteiger partial charge in [0.2, 0.25) is 5.91 Å². The Morgan fingerprint density at radius 1 is 1.24 bits per heavy atom. The van der Waals surface area contributed by atoms with Gasteiger partial charge in [0.15, 0.2) is 0 Å². The second kappa shape index (κ2) is 7.45. The lowest BCUT2D eigenvalue weighted by molar-refractivity contribution is -0.155. The summed E-state index contributed by atoms with van der Waals surface area (Å²) in [6.07, 6.45) is 0.114. The van der Waals surface area contributed by atoms with Crippen LogP contribution in [0.2, 0.25) is 0 Å². The molecule has 0 bridgehead atoms. The second-order valence-corrected chi connectivity index (χ2v) is 6.33. The first-order valence-corrected chi connectivity index (χ1v) is 7.36. The SMILES string of the molecule is COc1ccc(Br)c(NC(=O)CCC(=O)OC(C)(C)C)c1. The molecule has 0 aromatic heterocycles. The molecule has 1 N–H and O–H groups in total. The normalized spacial score (nSPS) is 10.9. The molecule has 1 aromatic carbocycles. The first kappa shape index (κ1) is 17.5. The number of carbonyl (C=O) groups is 2. The Labute approximate surface area is 133 Å². The van der Waals surface area contributed by atoms with Crippen molar-refractivity contribution < 1.29 is 19.1 Å². The number of nitrogens with one attached hydrogen (secondary N) is 1. The largest absolute Gasteiger partial charge is 0.497 e. The first-order chi connectivity index (χ1) is 9.71. The number of methoxy groups -OCH3 is 1. The molecule has 0 heterocycles. The van der Waals surface area contributed by atoms with E-state index in [1.54, 1.807) is 46.1 Å². The van der Waals surface area contributed by atoms with Crippen LogP contribution in [0.15, 0.2) is 22.7 Å². The van der Waals surface area contributed by atoms with Gasteiger partial charge in [-0.3, -0.25) is 9.59 Å². The van der Waals surface area contributed by atoms with E-state index in [4.69, 9.17) is 9.47 Å². The maximum Gasteiger partial charge on any atom is 0.306 e. The quantitative estimate of drug-likeness (QED) is 0.818. The van der Waals surface area contributed by atoms with Crippen LogP contribution in [0.25, 0.3) is 0 Å². The van der Waals surface area contributed by atoms with Crippen molar-refractivity contribution in [3.8, 4) is 5.75 Å². The lowest BCUT2D eigenvalue weighted by Gasteiger charge is -2.19. The average Bonchev–Trinajstić information content (AvgIpc) is 2.37. The van der Waals surface area contributed by atoms with Gasteiger partial charge in [0.25, 0.3) is 0 Å². The highest BCUT2D eigenvalue weighted by molar-refractivity contribution is 9.10. The zero-order valence-corrected chi connectivity index (χ0v) is 14.2. The fraction of sp³-hybridized carbons (Fsp3) is 0.467. The Morgan fingerprint density at radius 3 is 2.48 bits per heavy atom. The zero-order chi connectivity index (χ0) is 16.0. The van der Waals surface area contributed by atoms with Gasteiger partial charge in [-0.1, -0.05) is 0 Å². The highest BCUT2D eigenvalue weighted by atomic mass is 79.9. The topological polar surface area (TPSA) is 64.6 Å². The minimum Gasteiger partial charge on any atom is -0.497 e. The van der Waals surface area contributed by atoms with E-state index >= 15 is 0 Å². The molecule has 0 atom stereocenters. The molecule has 1 aromatic rings. The molecule has 0 saturated heterocycles. The Kier molecular flexibility index (Phi) is 6.20. The summed E-state index contributed by atoms with van der Waals surface area (Å²) in [7, 11) is 1.55. The third kappa shape index (κ3) is 6.62. The molecule has 0 aliphatic carbocycles. The van der Waals surface area contributed by atoms with Crippen LogP contribution in [0.4, 0.5) is 5.69 Å². The van der Waals surface area contributed by atoms with E-state index in [9.17, 15) is 9.59 Å². The molecular weight excluding hydrogens is 338 g/mol. The Balaban J connectivity index is 2.53. The van der Waals surface area contributed by atoms with E-state index in [0.29, 0.717) is 11.4 Å². The number of anilines is 1. The van der Waals surface area contributed by atoms with Crippen LogP contribution in [-0.4, -0.2) is 24.6 Å². The van der Waals surface area contributed by atoms with E-state index in [0.717, 1.165) is 4.47 Å². The van der Waals surface area contributed by atoms with E-state index in [1.165, 1.54) is 0 Å². The summed E-state index contributed by atoms with van der Waals surface area (Å²) >= 11 is 3.35. The first-order valence-electron chi connectivity index (χ1n) is 6.56. The number of halogens is 1. The van der Waals surface area contributed by atoms with Gasteiger partial charge in [-0.25, -0.2) is 0 Å². The van der Waals surface area contributed by atoms with Gasteiger partial charge in [-0.05, 0) is 48.8 Å². The molecule has 21 heavy (non-hydrogen) atoms. The number of benzene rings is 1. The number of esters is 1. The highest BCUT2D eigenvalue weighted by Crippen LogP contribution is 2.27. The maximum atomic E-state index is 11.9. The molecular formula is C15H20BrNO4. The molecule has 0 aliphatic heterocycles. The van der Waals surface area contributed by atoms with Crippen molar-refractivity contribution in [3.05, 3.63) is 22.7 Å². The van der Waals surface area contributed by atoms with Gasteiger partial charge in [0.05, 0.1) is 19.2 Å². The summed E-state index contributed by atoms with van der Waals surface area (Å²) in [6.45, 7) is 5.37. The van der Waals surface area contributed by atoms with E-state index < -0.39 is 5.60 Å². The Morgan fingerprint density at radius 2 is 1.90 bits per heavy atom. The molecule has 1 rings (SSSR count). The van der Waals surface area contributed by atoms with Crippen LogP contribution >= 0.6 is 15.9 Å². The van der Waals surface area contributed by atoms with Gasteiger partial charge in [-0.2, -0.15) is 0 Å². The minimum absolute atomic E-state index is 0.0463. The molecule has 6 heteroatoms. The van der Waals surface area contributed by atoms with Crippen molar-refractivity contribution in [2.45, 2.75) is 39.2 Å². The lowest BCUT2D eigenvalue weighted by atomic mass is 10.2. The van der Waals surface area contributed by atoms with Crippen LogP contribution in [0.5, 0.6) is 5.75 Å². The van der Waals surface area contributed by atoms with Crippen LogP contribution in [0.3, 0.4) is 0 Å². The van der Waals surface area contributed by atoms with Gasteiger partial charge in [-0.15, -0.1) is 0 Å². The number of rotatable bonds is 5. The van der Waals surface area contributed by atoms with Crippen LogP contribution in [0, 0.1) is 0 Å². The third-order valence-corrected chi connectivity index (χ3v) is 3.12. The van der Waals surface area contributed by atoms with Crippen LogP contribution < -0.4 is 10.1 Å². The lowest BCUT2D eigenvalue weighted by Crippen LogP contribution is -2.24. The van der Waals surface area contributed by atoms with E-state index in [1.807, 2.05) is 0 Å². The summed E-state index contributed by atoms with van der Waals surface area (Å²) in [6, 6.07) is 5.26. The smallest absolute Gasteiger partial charge is 0.306 e. The summed E-state index contributed by atoms with van der Waals surface area (Å²) in [5.41, 5.74) is 0.0622. The Bertz CT molecular complexity index is 523. The molecule has 1 amide bonds. The number of amides is 1. The van der Waals surface area contributed by atoms with Crippen molar-refractivity contribution in [2.24, 2.45) is 0 Å². The summed E-state index contributed by atoms with van der Waals surface area (Å²) in [5.74, 6) is -0.00203. The van der Waals surface area contributed by atoms with E-state index in [2.05, 4.69) is 21.2 Å². The zero-order valence-electron chi connectivity index (χ0n) is 12.7. The second-order valence-electron chi connectivity index (χ2n) is 5.48. The molecule has 0 spiro atoms. The number of hydrogen-bond acceptors (Lipinski definition) is 4. The minimum atomic E-state index is -0.538. The maximum absolute atomic E-state index is 11.9. The monoisotopic (exact) mass is 357 g/mol. The molecule has 0 radical (unpaired) electrons. The predicted octanol–water partition coefficient (Wildman–Crippen LogP) is 3.52. The Hall–Kier alpha value is -1.56. The molecule has 0 aliphatic rings. The van der Waals surface area contributed by atoms with Crippen LogP contribution in [0.1, 0.15) is 33.6 Å². The van der Waals surface area contributed by atoms with Crippen molar-refractivity contribution in [1.82, 2.24) is 0 Å². The fourth-order valence-corrected chi connectivity index (χ4v) is 1.89. The molecule has 116 valence electrons. The molecule has 5 nitrogen and oxygen atoms in total. The molecule has 0 saturated carbocycles. The van der Waals surface area contributed by atoms with Crippen LogP contribution in [-0.2, 0) is 14.3 Å². The van der Waals surface area contributed by atoms with Crippen molar-refractivity contribution in [2.75, 3.05) is 12.4 Å². The summed E-state index contributed by atoms with van der Waals surface area (Å²) in [4.78, 5) is 23.4. The highest BCUT2D eigenvalue weighted by Gasteiger charge is 2.17. The van der Waals surface area contributed by atoms with Crippen molar-refractivity contribution in [1.29, 1.82) is 0 Å². The van der Waals surface area contributed by atoms with Gasteiger partial charge in [0, 0.05) is 17.0 Å². The summed E-state index contributed by atoms with van der Waals surface area (Å²) in [5, 5.41) is 2.73. The van der Waals surface area contributed by atoms with Crippen molar-refractivity contribution >= 4 is 33.5 Å². The number of carbonyl (C=O) groups excluding carboxylic acids is 2. The third-order valence-electron chi connectivity index (χ3n) is 2.42. The van der Waals surface area contributed by atoms with Gasteiger partial charge >= 0.3 is 5.97 Å². The summed E-state index contributed by atoms with van der Waals surface area (Å²) < 4.78 is 11.0. The van der Waals surface area contributed by atoms with E-state index in [-0.39, 0.29) is 24.7 Å². The van der Waals surface area contributed by atoms with Crippen molar-refractivity contribution in [3.63, 3.8) is 0 Å². The number of ether oxygens (including phenoxy) is 2.